The zero-order valence-corrected chi connectivity index (χ0v) is 16.7. The SMILES string of the molecule is CCc1cc(-c2ccc(Cl)cc2)cc(CC)c1C1C(=O)[C@@H]2CC[C@@H](C2)C1=O. The summed E-state index contributed by atoms with van der Waals surface area (Å²) in [5.74, 6) is -0.0405. The Balaban J connectivity index is 1.84. The normalized spacial score (nSPS) is 24.5. The molecule has 140 valence electrons. The zero-order valence-electron chi connectivity index (χ0n) is 15.9. The number of carbonyl (C=O) groups is 2. The molecule has 0 heterocycles. The molecule has 2 fully saturated rings. The van der Waals surface area contributed by atoms with Gasteiger partial charge in [0.1, 0.15) is 5.92 Å². The maximum absolute atomic E-state index is 13.1. The molecule has 0 N–H and O–H groups in total. The Morgan fingerprint density at radius 2 is 1.37 bits per heavy atom. The summed E-state index contributed by atoms with van der Waals surface area (Å²) in [6.07, 6.45) is 4.18. The summed E-state index contributed by atoms with van der Waals surface area (Å²) in [4.78, 5) is 26.2. The number of benzene rings is 2. The van der Waals surface area contributed by atoms with Crippen LogP contribution in [-0.4, -0.2) is 11.6 Å². The van der Waals surface area contributed by atoms with Gasteiger partial charge in [0.05, 0.1) is 0 Å². The predicted molar refractivity (Wildman–Crippen MR) is 109 cm³/mol. The first kappa shape index (κ1) is 18.4. The Morgan fingerprint density at radius 3 is 1.85 bits per heavy atom. The minimum Gasteiger partial charge on any atom is -0.298 e. The molecular weight excluding hydrogens is 356 g/mol. The molecule has 1 unspecified atom stereocenters. The number of ketones is 2. The summed E-state index contributed by atoms with van der Waals surface area (Å²) in [6.45, 7) is 4.21. The zero-order chi connectivity index (χ0) is 19.1. The average Bonchev–Trinajstić information content (AvgIpc) is 3.14. The third kappa shape index (κ3) is 3.14. The maximum atomic E-state index is 13.1. The molecule has 0 aromatic heterocycles. The average molecular weight is 381 g/mol. The third-order valence-electron chi connectivity index (χ3n) is 6.39. The van der Waals surface area contributed by atoms with Crippen LogP contribution in [0.15, 0.2) is 36.4 Å². The van der Waals surface area contributed by atoms with Crippen molar-refractivity contribution in [2.75, 3.05) is 0 Å². The molecule has 0 saturated heterocycles. The van der Waals surface area contributed by atoms with Gasteiger partial charge in [-0.2, -0.15) is 0 Å². The van der Waals surface area contributed by atoms with Crippen LogP contribution in [0.4, 0.5) is 0 Å². The second-order valence-electron chi connectivity index (χ2n) is 7.87. The van der Waals surface area contributed by atoms with E-state index in [0.29, 0.717) is 0 Å². The number of rotatable bonds is 4. The molecule has 0 aliphatic heterocycles. The van der Waals surface area contributed by atoms with Crippen molar-refractivity contribution in [3.05, 3.63) is 58.1 Å². The summed E-state index contributed by atoms with van der Waals surface area (Å²) in [5, 5.41) is 0.718. The van der Waals surface area contributed by atoms with Gasteiger partial charge < -0.3 is 0 Å². The lowest BCUT2D eigenvalue weighted by Gasteiger charge is -2.29. The van der Waals surface area contributed by atoms with Gasteiger partial charge in [-0.1, -0.05) is 49.7 Å². The number of fused-ring (bicyclic) bond motifs is 2. The minimum absolute atomic E-state index is 0.0862. The van der Waals surface area contributed by atoms with Crippen LogP contribution in [0.1, 0.15) is 55.7 Å². The highest BCUT2D eigenvalue weighted by Crippen LogP contribution is 2.46. The van der Waals surface area contributed by atoms with Crippen molar-refractivity contribution in [1.29, 1.82) is 0 Å². The van der Waals surface area contributed by atoms with Gasteiger partial charge in [0.25, 0.3) is 0 Å². The molecule has 0 radical (unpaired) electrons. The van der Waals surface area contributed by atoms with Gasteiger partial charge in [0, 0.05) is 16.9 Å². The van der Waals surface area contributed by atoms with E-state index in [-0.39, 0.29) is 23.4 Å². The molecule has 2 aromatic rings. The molecule has 2 nitrogen and oxygen atoms in total. The number of hydrogen-bond acceptors (Lipinski definition) is 2. The predicted octanol–water partition coefficient (Wildman–Crippen LogP) is 5.78. The molecule has 3 heteroatoms. The smallest absolute Gasteiger partial charge is 0.150 e. The van der Waals surface area contributed by atoms with Gasteiger partial charge >= 0.3 is 0 Å². The lowest BCUT2D eigenvalue weighted by molar-refractivity contribution is -0.136. The highest BCUT2D eigenvalue weighted by molar-refractivity contribution is 6.30. The second kappa shape index (κ2) is 7.24. The monoisotopic (exact) mass is 380 g/mol. The first-order valence-electron chi connectivity index (χ1n) is 10.0. The highest BCUT2D eigenvalue weighted by Gasteiger charge is 2.48. The lowest BCUT2D eigenvalue weighted by Crippen LogP contribution is -2.36. The molecule has 0 amide bonds. The van der Waals surface area contributed by atoms with E-state index >= 15 is 0 Å². The van der Waals surface area contributed by atoms with E-state index in [1.54, 1.807) is 0 Å². The van der Waals surface area contributed by atoms with E-state index in [9.17, 15) is 9.59 Å². The highest BCUT2D eigenvalue weighted by atomic mass is 35.5. The van der Waals surface area contributed by atoms with Crippen LogP contribution < -0.4 is 0 Å². The molecule has 4 rings (SSSR count). The maximum Gasteiger partial charge on any atom is 0.150 e. The number of aryl methyl sites for hydroxylation is 2. The molecule has 2 bridgehead atoms. The van der Waals surface area contributed by atoms with E-state index in [0.717, 1.165) is 64.9 Å². The second-order valence-corrected chi connectivity index (χ2v) is 8.30. The lowest BCUT2D eigenvalue weighted by atomic mass is 9.72. The quantitative estimate of drug-likeness (QED) is 0.629. The van der Waals surface area contributed by atoms with Crippen molar-refractivity contribution in [2.45, 2.75) is 51.9 Å². The fraction of sp³-hybridized carbons (Fsp3) is 0.417. The number of hydrogen-bond donors (Lipinski definition) is 0. The summed E-state index contributed by atoms with van der Waals surface area (Å²) in [7, 11) is 0. The van der Waals surface area contributed by atoms with Gasteiger partial charge in [0.2, 0.25) is 0 Å². The topological polar surface area (TPSA) is 34.1 Å². The summed E-state index contributed by atoms with van der Waals surface area (Å²) >= 11 is 6.03. The van der Waals surface area contributed by atoms with Crippen LogP contribution in [-0.2, 0) is 22.4 Å². The van der Waals surface area contributed by atoms with Crippen LogP contribution in [0.25, 0.3) is 11.1 Å². The summed E-state index contributed by atoms with van der Waals surface area (Å²) < 4.78 is 0. The summed E-state index contributed by atoms with van der Waals surface area (Å²) in [5.41, 5.74) is 5.50. The minimum atomic E-state index is -0.541. The van der Waals surface area contributed by atoms with Crippen molar-refractivity contribution in [3.8, 4) is 11.1 Å². The Morgan fingerprint density at radius 1 is 0.852 bits per heavy atom. The van der Waals surface area contributed by atoms with Crippen LogP contribution in [0.5, 0.6) is 0 Å². The molecule has 2 saturated carbocycles. The molecular formula is C24H25ClO2. The fourth-order valence-electron chi connectivity index (χ4n) is 4.94. The van der Waals surface area contributed by atoms with Crippen LogP contribution in [0, 0.1) is 11.8 Å². The number of Topliss-reactive ketones (excluding diaryl/α,β-unsaturated/α-hetero) is 2. The Labute approximate surface area is 165 Å². The van der Waals surface area contributed by atoms with Gasteiger partial charge in [-0.05, 0) is 72.1 Å². The Hall–Kier alpha value is -1.93. The third-order valence-corrected chi connectivity index (χ3v) is 6.64. The van der Waals surface area contributed by atoms with Crippen molar-refractivity contribution >= 4 is 23.2 Å². The Kier molecular flexibility index (Phi) is 4.94. The van der Waals surface area contributed by atoms with E-state index in [2.05, 4.69) is 26.0 Å². The molecule has 2 aliphatic carbocycles. The van der Waals surface area contributed by atoms with Gasteiger partial charge in [-0.3, -0.25) is 9.59 Å². The van der Waals surface area contributed by atoms with E-state index in [4.69, 9.17) is 11.6 Å². The first-order chi connectivity index (χ1) is 13.0. The molecule has 0 spiro atoms. The first-order valence-corrected chi connectivity index (χ1v) is 10.4. The molecule has 27 heavy (non-hydrogen) atoms. The molecule has 3 atom stereocenters. The molecule has 2 aliphatic rings. The number of halogens is 1. The largest absolute Gasteiger partial charge is 0.298 e. The van der Waals surface area contributed by atoms with Crippen LogP contribution in [0.2, 0.25) is 5.02 Å². The van der Waals surface area contributed by atoms with Crippen molar-refractivity contribution in [1.82, 2.24) is 0 Å². The van der Waals surface area contributed by atoms with Crippen LogP contribution in [0.3, 0.4) is 0 Å². The van der Waals surface area contributed by atoms with Crippen molar-refractivity contribution in [2.24, 2.45) is 11.8 Å². The van der Waals surface area contributed by atoms with E-state index < -0.39 is 5.92 Å². The molecule has 2 aromatic carbocycles. The fourth-order valence-corrected chi connectivity index (χ4v) is 5.06. The van der Waals surface area contributed by atoms with E-state index in [1.807, 2.05) is 24.3 Å². The van der Waals surface area contributed by atoms with Crippen molar-refractivity contribution < 1.29 is 9.59 Å². The summed E-state index contributed by atoms with van der Waals surface area (Å²) in [6, 6.07) is 12.2. The van der Waals surface area contributed by atoms with Crippen molar-refractivity contribution in [3.63, 3.8) is 0 Å². The van der Waals surface area contributed by atoms with Gasteiger partial charge in [0.15, 0.2) is 11.6 Å². The van der Waals surface area contributed by atoms with E-state index in [1.165, 1.54) is 0 Å². The Bertz CT molecular complexity index is 850. The van der Waals surface area contributed by atoms with Gasteiger partial charge in [-0.15, -0.1) is 0 Å². The van der Waals surface area contributed by atoms with Gasteiger partial charge in [-0.25, -0.2) is 0 Å². The number of carbonyl (C=O) groups excluding carboxylic acids is 2. The standard InChI is InChI=1S/C24H25ClO2/c1-3-14-11-19(16-7-9-20(25)10-8-16)12-15(4-2)21(14)22-23(26)17-5-6-18(13-17)24(22)27/h7-12,17-18,22H,3-6,13H2,1-2H3/t17-,18+,22?. The van der Waals surface area contributed by atoms with Crippen LogP contribution >= 0.6 is 11.6 Å².